The Kier molecular flexibility index (Phi) is 6.79. The molecule has 8 heteroatoms. The Hall–Kier alpha value is -2.61. The molecule has 0 aliphatic rings. The molecule has 1 amide bonds. The topological polar surface area (TPSA) is 75.7 Å². The van der Waals surface area contributed by atoms with E-state index in [1.54, 1.807) is 24.3 Å². The molecule has 0 unspecified atom stereocenters. The lowest BCUT2D eigenvalue weighted by Gasteiger charge is -2.28. The molecule has 0 radical (unpaired) electrons. The number of carbonyl (C=O) groups excluding carboxylic acids is 1. The second kappa shape index (κ2) is 8.85. The van der Waals surface area contributed by atoms with Gasteiger partial charge in [-0.05, 0) is 50.2 Å². The molecule has 0 heterocycles. The molecule has 6 nitrogen and oxygen atoms in total. The van der Waals surface area contributed by atoms with Gasteiger partial charge in [0.25, 0.3) is 0 Å². The zero-order chi connectivity index (χ0) is 20.0. The van der Waals surface area contributed by atoms with Gasteiger partial charge in [-0.3, -0.25) is 9.10 Å². The highest BCUT2D eigenvalue weighted by Gasteiger charge is 2.28. The number of amides is 1. The predicted octanol–water partition coefficient (Wildman–Crippen LogP) is 2.48. The van der Waals surface area contributed by atoms with Crippen LogP contribution in [0.5, 0.6) is 5.75 Å². The van der Waals surface area contributed by atoms with Crippen molar-refractivity contribution >= 4 is 21.6 Å². The van der Waals surface area contributed by atoms with E-state index in [9.17, 15) is 17.6 Å². The summed E-state index contributed by atoms with van der Waals surface area (Å²) in [5.41, 5.74) is 1.41. The third-order valence-corrected chi connectivity index (χ3v) is 5.10. The molecule has 0 saturated carbocycles. The number of rotatable bonds is 8. The first kappa shape index (κ1) is 20.7. The van der Waals surface area contributed by atoms with Crippen LogP contribution in [-0.4, -0.2) is 39.8 Å². The Morgan fingerprint density at radius 1 is 1.15 bits per heavy atom. The molecule has 2 aromatic rings. The fraction of sp³-hybridized carbons (Fsp3) is 0.316. The van der Waals surface area contributed by atoms with E-state index in [0.717, 1.165) is 16.1 Å². The minimum absolute atomic E-state index is 0.174. The summed E-state index contributed by atoms with van der Waals surface area (Å²) in [5.74, 6) is -0.318. The lowest BCUT2D eigenvalue weighted by molar-refractivity contribution is -0.121. The van der Waals surface area contributed by atoms with Gasteiger partial charge in [-0.15, -0.1) is 0 Å². The lowest BCUT2D eigenvalue weighted by Crippen LogP contribution is -2.48. The average Bonchev–Trinajstić information content (AvgIpc) is 2.60. The van der Waals surface area contributed by atoms with Gasteiger partial charge >= 0.3 is 0 Å². The van der Waals surface area contributed by atoms with Gasteiger partial charge in [0, 0.05) is 0 Å². The molecule has 146 valence electrons. The molecule has 1 N–H and O–H groups in total. The van der Waals surface area contributed by atoms with Crippen molar-refractivity contribution in [2.75, 3.05) is 23.7 Å². The van der Waals surface area contributed by atoms with Crippen LogP contribution in [0, 0.1) is 12.7 Å². The van der Waals surface area contributed by atoms with Crippen molar-refractivity contribution in [2.45, 2.75) is 19.9 Å². The number of aryl methyl sites for hydroxylation is 1. The SMILES string of the molecule is Cc1ccc(N([C@H](C)C(=O)NCCOc2ccc(F)cc2)S(C)(=O)=O)cc1. The molecule has 27 heavy (non-hydrogen) atoms. The number of nitrogens with zero attached hydrogens (tertiary/aromatic N) is 1. The molecular formula is C19H23FN2O4S. The van der Waals surface area contributed by atoms with E-state index in [-0.39, 0.29) is 19.0 Å². The quantitative estimate of drug-likeness (QED) is 0.698. The molecule has 0 aromatic heterocycles. The van der Waals surface area contributed by atoms with Crippen molar-refractivity contribution < 1.29 is 22.3 Å². The van der Waals surface area contributed by atoms with Gasteiger partial charge < -0.3 is 10.1 Å². The van der Waals surface area contributed by atoms with E-state index in [2.05, 4.69) is 5.32 Å². The fourth-order valence-corrected chi connectivity index (χ4v) is 3.70. The minimum Gasteiger partial charge on any atom is -0.492 e. The van der Waals surface area contributed by atoms with Crippen molar-refractivity contribution in [1.29, 1.82) is 0 Å². The number of halogens is 1. The van der Waals surface area contributed by atoms with Crippen LogP contribution in [0.4, 0.5) is 10.1 Å². The Labute approximate surface area is 159 Å². The first-order chi connectivity index (χ1) is 12.7. The van der Waals surface area contributed by atoms with Crippen LogP contribution in [0.25, 0.3) is 0 Å². The number of ether oxygens (including phenoxy) is 1. The van der Waals surface area contributed by atoms with E-state index in [4.69, 9.17) is 4.74 Å². The van der Waals surface area contributed by atoms with Gasteiger partial charge in [0.05, 0.1) is 18.5 Å². The highest BCUT2D eigenvalue weighted by atomic mass is 32.2. The van der Waals surface area contributed by atoms with Crippen molar-refractivity contribution in [3.63, 3.8) is 0 Å². The Balaban J connectivity index is 1.96. The largest absolute Gasteiger partial charge is 0.492 e. The van der Waals surface area contributed by atoms with Gasteiger partial charge in [-0.2, -0.15) is 0 Å². The van der Waals surface area contributed by atoms with Crippen molar-refractivity contribution in [3.05, 3.63) is 59.9 Å². The highest BCUT2D eigenvalue weighted by Crippen LogP contribution is 2.21. The summed E-state index contributed by atoms with van der Waals surface area (Å²) in [6, 6.07) is 11.5. The summed E-state index contributed by atoms with van der Waals surface area (Å²) in [5, 5.41) is 2.65. The number of sulfonamides is 1. The van der Waals surface area contributed by atoms with Gasteiger partial charge in [0.1, 0.15) is 24.2 Å². The molecule has 0 aliphatic heterocycles. The molecule has 0 fully saturated rings. The molecule has 1 atom stereocenters. The third-order valence-electron chi connectivity index (χ3n) is 3.86. The summed E-state index contributed by atoms with van der Waals surface area (Å²) >= 11 is 0. The van der Waals surface area contributed by atoms with Gasteiger partial charge in [-0.25, -0.2) is 12.8 Å². The average molecular weight is 394 g/mol. The zero-order valence-corrected chi connectivity index (χ0v) is 16.3. The first-order valence-electron chi connectivity index (χ1n) is 8.40. The van der Waals surface area contributed by atoms with Crippen LogP contribution in [0.1, 0.15) is 12.5 Å². The van der Waals surface area contributed by atoms with Gasteiger partial charge in [-0.1, -0.05) is 17.7 Å². The van der Waals surface area contributed by atoms with E-state index >= 15 is 0 Å². The van der Waals surface area contributed by atoms with Gasteiger partial charge in [0.2, 0.25) is 15.9 Å². The molecule has 0 aliphatic carbocycles. The molecule has 2 rings (SSSR count). The highest BCUT2D eigenvalue weighted by molar-refractivity contribution is 7.92. The maximum atomic E-state index is 12.8. The Bertz CT molecular complexity index is 868. The molecule has 0 bridgehead atoms. The molecule has 0 spiro atoms. The number of nitrogens with one attached hydrogen (secondary N) is 1. The summed E-state index contributed by atoms with van der Waals surface area (Å²) in [6.45, 7) is 3.78. The molecule has 2 aromatic carbocycles. The zero-order valence-electron chi connectivity index (χ0n) is 15.5. The number of hydrogen-bond acceptors (Lipinski definition) is 4. The summed E-state index contributed by atoms with van der Waals surface area (Å²) in [4.78, 5) is 12.4. The fourth-order valence-electron chi connectivity index (χ4n) is 2.52. The van der Waals surface area contributed by atoms with Crippen molar-refractivity contribution in [2.24, 2.45) is 0 Å². The van der Waals surface area contributed by atoms with E-state index in [0.29, 0.717) is 11.4 Å². The maximum absolute atomic E-state index is 12.8. The number of anilines is 1. The number of benzene rings is 2. The monoisotopic (exact) mass is 394 g/mol. The summed E-state index contributed by atoms with van der Waals surface area (Å²) in [6.07, 6.45) is 1.06. The second-order valence-corrected chi connectivity index (χ2v) is 8.02. The van der Waals surface area contributed by atoms with Crippen molar-refractivity contribution in [3.8, 4) is 5.75 Å². The second-order valence-electron chi connectivity index (χ2n) is 6.16. The van der Waals surface area contributed by atoms with Crippen LogP contribution < -0.4 is 14.4 Å². The first-order valence-corrected chi connectivity index (χ1v) is 10.3. The van der Waals surface area contributed by atoms with Gasteiger partial charge in [0.15, 0.2) is 0 Å². The van der Waals surface area contributed by atoms with E-state index in [1.807, 2.05) is 6.92 Å². The summed E-state index contributed by atoms with van der Waals surface area (Å²) < 4.78 is 43.7. The minimum atomic E-state index is -3.65. The predicted molar refractivity (Wildman–Crippen MR) is 103 cm³/mol. The van der Waals surface area contributed by atoms with Crippen LogP contribution in [0.3, 0.4) is 0 Å². The van der Waals surface area contributed by atoms with Crippen LogP contribution in [0.2, 0.25) is 0 Å². The lowest BCUT2D eigenvalue weighted by atomic mass is 10.2. The maximum Gasteiger partial charge on any atom is 0.243 e. The molecular weight excluding hydrogens is 371 g/mol. The normalized spacial score (nSPS) is 12.3. The molecule has 0 saturated heterocycles. The number of hydrogen-bond donors (Lipinski definition) is 1. The van der Waals surface area contributed by atoms with Crippen molar-refractivity contribution in [1.82, 2.24) is 5.32 Å². The third kappa shape index (κ3) is 5.96. The summed E-state index contributed by atoms with van der Waals surface area (Å²) in [7, 11) is -3.65. The van der Waals surface area contributed by atoms with Crippen LogP contribution >= 0.6 is 0 Å². The standard InChI is InChI=1S/C19H23FN2O4S/c1-14-4-8-17(9-5-14)22(27(3,24)25)15(2)19(23)21-12-13-26-18-10-6-16(20)7-11-18/h4-11,15H,12-13H2,1-3H3,(H,21,23)/t15-/m1/s1. The van der Waals surface area contributed by atoms with Crippen LogP contribution in [0.15, 0.2) is 48.5 Å². The number of carbonyl (C=O) groups is 1. The van der Waals surface area contributed by atoms with Crippen LogP contribution in [-0.2, 0) is 14.8 Å². The Morgan fingerprint density at radius 3 is 2.30 bits per heavy atom. The smallest absolute Gasteiger partial charge is 0.243 e. The van der Waals surface area contributed by atoms with E-state index in [1.165, 1.54) is 31.2 Å². The van der Waals surface area contributed by atoms with E-state index < -0.39 is 22.0 Å². The Morgan fingerprint density at radius 2 is 1.74 bits per heavy atom.